The highest BCUT2D eigenvalue weighted by atomic mass is 16.5. The maximum absolute atomic E-state index is 12.0. The third kappa shape index (κ3) is 5.90. The van der Waals surface area contributed by atoms with Gasteiger partial charge >= 0.3 is 5.97 Å². The number of nitrogens with one attached hydrogen (secondary N) is 1. The summed E-state index contributed by atoms with van der Waals surface area (Å²) in [5.74, 6) is 0.743. The third-order valence-corrected chi connectivity index (χ3v) is 5.33. The molecule has 6 nitrogen and oxygen atoms in total. The number of carbonyl (C=O) groups is 1. The number of hydrogen-bond donors (Lipinski definition) is 2. The summed E-state index contributed by atoms with van der Waals surface area (Å²) in [5.41, 5.74) is 1.69. The second-order valence-corrected chi connectivity index (χ2v) is 7.59. The zero-order valence-electron chi connectivity index (χ0n) is 17.3. The maximum Gasteiger partial charge on any atom is 0.330 e. The van der Waals surface area contributed by atoms with Crippen LogP contribution in [0.1, 0.15) is 56.2 Å². The van der Waals surface area contributed by atoms with Gasteiger partial charge in [0, 0.05) is 11.8 Å². The Bertz CT molecular complexity index is 883. The summed E-state index contributed by atoms with van der Waals surface area (Å²) in [7, 11) is 0. The monoisotopic (exact) mass is 408 g/mol. The van der Waals surface area contributed by atoms with E-state index in [1.165, 1.54) is 32.1 Å². The molecule has 1 fully saturated rings. The summed E-state index contributed by atoms with van der Waals surface area (Å²) in [5, 5.41) is 21.8. The van der Waals surface area contributed by atoms with Gasteiger partial charge in [0.2, 0.25) is 0 Å². The van der Waals surface area contributed by atoms with Crippen molar-refractivity contribution in [2.75, 3.05) is 18.5 Å². The van der Waals surface area contributed by atoms with Gasteiger partial charge < -0.3 is 19.9 Å². The molecule has 3 rings (SSSR count). The molecule has 1 saturated carbocycles. The number of hydrogen-bond acceptors (Lipinski definition) is 5. The summed E-state index contributed by atoms with van der Waals surface area (Å²) in [4.78, 5) is 12.0. The van der Waals surface area contributed by atoms with E-state index in [2.05, 4.69) is 11.4 Å². The van der Waals surface area contributed by atoms with Crippen LogP contribution in [0.4, 0.5) is 5.69 Å². The molecule has 0 aromatic heterocycles. The lowest BCUT2D eigenvalue weighted by atomic mass is 9.90. The number of benzene rings is 2. The Balaban J connectivity index is 1.81. The van der Waals surface area contributed by atoms with E-state index in [9.17, 15) is 9.90 Å². The van der Waals surface area contributed by atoms with Gasteiger partial charge in [0.15, 0.2) is 6.04 Å². The first kappa shape index (κ1) is 21.5. The molecule has 0 saturated heterocycles. The molecule has 2 N–H and O–H groups in total. The van der Waals surface area contributed by atoms with Gasteiger partial charge in [-0.25, -0.2) is 4.79 Å². The molecule has 0 heterocycles. The Morgan fingerprint density at radius 2 is 1.80 bits per heavy atom. The molecule has 30 heavy (non-hydrogen) atoms. The number of aliphatic carboxylic acids is 1. The lowest BCUT2D eigenvalue weighted by Crippen LogP contribution is -2.21. The van der Waals surface area contributed by atoms with Crippen molar-refractivity contribution in [2.45, 2.75) is 45.1 Å². The molecule has 0 aliphatic heterocycles. The van der Waals surface area contributed by atoms with Crippen LogP contribution in [-0.2, 0) is 4.79 Å². The quantitative estimate of drug-likeness (QED) is 0.596. The fraction of sp³-hybridized carbons (Fsp3) is 0.417. The van der Waals surface area contributed by atoms with Crippen molar-refractivity contribution in [1.82, 2.24) is 0 Å². The van der Waals surface area contributed by atoms with Crippen molar-refractivity contribution in [3.8, 4) is 17.6 Å². The van der Waals surface area contributed by atoms with Gasteiger partial charge in [-0.2, -0.15) is 5.26 Å². The van der Waals surface area contributed by atoms with Crippen LogP contribution in [0, 0.1) is 17.2 Å². The van der Waals surface area contributed by atoms with Crippen LogP contribution in [0.3, 0.4) is 0 Å². The smallest absolute Gasteiger partial charge is 0.330 e. The fourth-order valence-electron chi connectivity index (χ4n) is 3.76. The predicted octanol–water partition coefficient (Wildman–Crippen LogP) is 5.15. The molecule has 0 radical (unpaired) electrons. The number of carboxylic acids is 1. The summed E-state index contributed by atoms with van der Waals surface area (Å²) in [6, 6.07) is 13.1. The first-order valence-electron chi connectivity index (χ1n) is 10.5. The van der Waals surface area contributed by atoms with Crippen molar-refractivity contribution in [2.24, 2.45) is 5.92 Å². The molecule has 0 bridgehead atoms. The molecule has 2 aromatic rings. The summed E-state index contributed by atoms with van der Waals surface area (Å²) < 4.78 is 11.7. The lowest BCUT2D eigenvalue weighted by molar-refractivity contribution is -0.138. The second kappa shape index (κ2) is 10.5. The molecule has 1 aliphatic rings. The van der Waals surface area contributed by atoms with Gasteiger partial charge in [0.1, 0.15) is 11.5 Å². The Kier molecular flexibility index (Phi) is 7.56. The highest BCUT2D eigenvalue weighted by Gasteiger charge is 2.22. The average Bonchev–Trinajstić information content (AvgIpc) is 2.77. The van der Waals surface area contributed by atoms with Crippen LogP contribution in [0.2, 0.25) is 0 Å². The lowest BCUT2D eigenvalue weighted by Gasteiger charge is -2.23. The van der Waals surface area contributed by atoms with Crippen molar-refractivity contribution in [1.29, 1.82) is 5.26 Å². The number of nitrogens with zero attached hydrogens (tertiary/aromatic N) is 1. The molecule has 6 heteroatoms. The molecule has 1 aliphatic carbocycles. The Morgan fingerprint density at radius 1 is 1.13 bits per heavy atom. The van der Waals surface area contributed by atoms with Crippen LogP contribution in [-0.4, -0.2) is 24.3 Å². The maximum atomic E-state index is 12.0. The van der Waals surface area contributed by atoms with Crippen molar-refractivity contribution in [3.63, 3.8) is 0 Å². The Morgan fingerprint density at radius 3 is 2.40 bits per heavy atom. The fourth-order valence-corrected chi connectivity index (χ4v) is 3.76. The average molecular weight is 408 g/mol. The van der Waals surface area contributed by atoms with Crippen LogP contribution in [0.15, 0.2) is 42.5 Å². The van der Waals surface area contributed by atoms with Gasteiger partial charge in [0.05, 0.1) is 24.8 Å². The molecule has 158 valence electrons. The topological polar surface area (TPSA) is 91.6 Å². The minimum absolute atomic E-state index is 0.478. The van der Waals surface area contributed by atoms with Crippen molar-refractivity contribution in [3.05, 3.63) is 53.6 Å². The zero-order chi connectivity index (χ0) is 21.3. The van der Waals surface area contributed by atoms with E-state index in [0.717, 1.165) is 0 Å². The summed E-state index contributed by atoms with van der Waals surface area (Å²) >= 11 is 0. The number of rotatable bonds is 9. The number of anilines is 1. The normalized spacial score (nSPS) is 15.1. The Labute approximate surface area is 177 Å². The largest absolute Gasteiger partial charge is 0.494 e. The minimum Gasteiger partial charge on any atom is -0.494 e. The number of carboxylic acid groups (broad SMARTS) is 1. The van der Waals surface area contributed by atoms with E-state index in [4.69, 9.17) is 14.7 Å². The third-order valence-electron chi connectivity index (χ3n) is 5.33. The molecule has 0 spiro atoms. The second-order valence-electron chi connectivity index (χ2n) is 7.59. The molecular formula is C24H28N2O4. The number of ether oxygens (including phenoxy) is 2. The first-order valence-corrected chi connectivity index (χ1v) is 10.5. The van der Waals surface area contributed by atoms with Gasteiger partial charge in [-0.3, -0.25) is 0 Å². The van der Waals surface area contributed by atoms with Crippen LogP contribution in [0.25, 0.3) is 0 Å². The summed E-state index contributed by atoms with van der Waals surface area (Å²) in [6.45, 7) is 3.00. The van der Waals surface area contributed by atoms with E-state index in [1.807, 2.05) is 13.0 Å². The molecular weight excluding hydrogens is 380 g/mol. The molecule has 1 atom stereocenters. The van der Waals surface area contributed by atoms with Crippen molar-refractivity contribution < 1.29 is 19.4 Å². The standard InChI is InChI=1S/C24H28N2O4/c1-2-29-21-12-19(13-22(14-21)30-16-18-6-4-3-5-7-18)23(24(27)28)26-20-10-8-17(15-25)9-11-20/h8-14,18,23,26H,2-7,16H2,1H3,(H,27,28). The van der Waals surface area contributed by atoms with Gasteiger partial charge in [-0.1, -0.05) is 19.3 Å². The van der Waals surface area contributed by atoms with Crippen LogP contribution in [0.5, 0.6) is 11.5 Å². The van der Waals surface area contributed by atoms with E-state index >= 15 is 0 Å². The number of nitriles is 1. The van der Waals surface area contributed by atoms with Gasteiger partial charge in [0.25, 0.3) is 0 Å². The van der Waals surface area contributed by atoms with E-state index < -0.39 is 12.0 Å². The predicted molar refractivity (Wildman–Crippen MR) is 115 cm³/mol. The van der Waals surface area contributed by atoms with E-state index in [0.29, 0.717) is 47.4 Å². The molecule has 1 unspecified atom stereocenters. The molecule has 2 aromatic carbocycles. The molecule has 0 amide bonds. The minimum atomic E-state index is -1.01. The highest BCUT2D eigenvalue weighted by molar-refractivity contribution is 5.79. The van der Waals surface area contributed by atoms with Gasteiger partial charge in [-0.15, -0.1) is 0 Å². The Hall–Kier alpha value is -3.20. The van der Waals surface area contributed by atoms with E-state index in [1.54, 1.807) is 36.4 Å². The van der Waals surface area contributed by atoms with E-state index in [-0.39, 0.29) is 0 Å². The van der Waals surface area contributed by atoms with Crippen LogP contribution < -0.4 is 14.8 Å². The zero-order valence-corrected chi connectivity index (χ0v) is 17.3. The SMILES string of the molecule is CCOc1cc(OCC2CCCCC2)cc(C(Nc2ccc(C#N)cc2)C(=O)O)c1. The van der Waals surface area contributed by atoms with Gasteiger partial charge in [-0.05, 0) is 67.6 Å². The van der Waals surface area contributed by atoms with Crippen LogP contribution >= 0.6 is 0 Å². The highest BCUT2D eigenvalue weighted by Crippen LogP contribution is 2.31. The van der Waals surface area contributed by atoms with Crippen molar-refractivity contribution >= 4 is 11.7 Å². The first-order chi connectivity index (χ1) is 14.6. The summed E-state index contributed by atoms with van der Waals surface area (Å²) in [6.07, 6.45) is 6.13.